The molecule has 2 N–H and O–H groups in total. The van der Waals surface area contributed by atoms with Crippen molar-refractivity contribution in [1.82, 2.24) is 30.1 Å². The molecule has 0 spiro atoms. The highest BCUT2D eigenvalue weighted by molar-refractivity contribution is 5.97. The highest BCUT2D eigenvalue weighted by atomic mass is 19.2. The fourth-order valence-electron chi connectivity index (χ4n) is 4.31. The van der Waals surface area contributed by atoms with E-state index in [4.69, 9.17) is 0 Å². The Morgan fingerprint density at radius 3 is 2.55 bits per heavy atom. The van der Waals surface area contributed by atoms with Crippen LogP contribution in [0.3, 0.4) is 0 Å². The molecule has 1 aliphatic rings. The van der Waals surface area contributed by atoms with E-state index in [1.807, 2.05) is 13.1 Å². The van der Waals surface area contributed by atoms with E-state index in [0.717, 1.165) is 46.9 Å². The van der Waals surface area contributed by atoms with Gasteiger partial charge in [0.25, 0.3) is 17.4 Å². The molecule has 0 radical (unpaired) electrons. The Kier molecular flexibility index (Phi) is 6.93. The van der Waals surface area contributed by atoms with Gasteiger partial charge < -0.3 is 15.5 Å². The van der Waals surface area contributed by atoms with Gasteiger partial charge >= 0.3 is 0 Å². The molecule has 5 rings (SSSR count). The lowest BCUT2D eigenvalue weighted by atomic mass is 10.1. The molecule has 0 atom stereocenters. The highest BCUT2D eigenvalue weighted by Crippen LogP contribution is 2.17. The summed E-state index contributed by atoms with van der Waals surface area (Å²) in [6, 6.07) is 10.6. The SMILES string of the molecule is CN1CC(NC(=O)c2cnc3ccc(CNC(=O)c4cncn(Cc5ccc(F)c(F)c5)c4=O)cc3c2)C1. The van der Waals surface area contributed by atoms with Crippen LogP contribution in [0.4, 0.5) is 8.78 Å². The normalized spacial score (nSPS) is 13.8. The van der Waals surface area contributed by atoms with Crippen LogP contribution in [0.15, 0.2) is 66.0 Å². The van der Waals surface area contributed by atoms with Crippen molar-refractivity contribution in [1.29, 1.82) is 0 Å². The van der Waals surface area contributed by atoms with Gasteiger partial charge in [0.1, 0.15) is 5.56 Å². The van der Waals surface area contributed by atoms with Gasteiger partial charge in [-0.05, 0) is 48.5 Å². The molecule has 9 nitrogen and oxygen atoms in total. The number of rotatable bonds is 7. The lowest BCUT2D eigenvalue weighted by Gasteiger charge is -2.36. The van der Waals surface area contributed by atoms with Crippen molar-refractivity contribution in [3.8, 4) is 0 Å². The third-order valence-electron chi connectivity index (χ3n) is 6.34. The summed E-state index contributed by atoms with van der Waals surface area (Å²) in [6.45, 7) is 1.67. The van der Waals surface area contributed by atoms with Gasteiger partial charge in [-0.1, -0.05) is 12.1 Å². The number of benzene rings is 2. The summed E-state index contributed by atoms with van der Waals surface area (Å²) in [5.74, 6) is -2.83. The lowest BCUT2D eigenvalue weighted by Crippen LogP contribution is -2.57. The molecule has 194 valence electrons. The Morgan fingerprint density at radius 1 is 1.00 bits per heavy atom. The average molecular weight is 519 g/mol. The molecule has 2 amide bonds. The van der Waals surface area contributed by atoms with Gasteiger partial charge in [0.05, 0.1) is 30.0 Å². The first-order valence-electron chi connectivity index (χ1n) is 11.9. The molecule has 0 saturated carbocycles. The summed E-state index contributed by atoms with van der Waals surface area (Å²) < 4.78 is 27.9. The Bertz CT molecular complexity index is 1600. The monoisotopic (exact) mass is 518 g/mol. The molecule has 4 aromatic rings. The molecule has 38 heavy (non-hydrogen) atoms. The lowest BCUT2D eigenvalue weighted by molar-refractivity contribution is 0.0857. The number of likely N-dealkylation sites (N-methyl/N-ethyl adjacent to an activating group) is 1. The number of pyridine rings is 1. The van der Waals surface area contributed by atoms with Crippen molar-refractivity contribution in [3.63, 3.8) is 0 Å². The van der Waals surface area contributed by atoms with Gasteiger partial charge in [0, 0.05) is 37.4 Å². The molecule has 0 unspecified atom stereocenters. The first-order chi connectivity index (χ1) is 18.3. The minimum atomic E-state index is -1.03. The summed E-state index contributed by atoms with van der Waals surface area (Å²) >= 11 is 0. The maximum Gasteiger partial charge on any atom is 0.266 e. The molecule has 11 heteroatoms. The van der Waals surface area contributed by atoms with E-state index in [1.165, 1.54) is 18.6 Å². The summed E-state index contributed by atoms with van der Waals surface area (Å²) in [5, 5.41) is 6.43. The number of aromatic nitrogens is 3. The third-order valence-corrected chi connectivity index (χ3v) is 6.34. The van der Waals surface area contributed by atoms with Crippen molar-refractivity contribution in [2.45, 2.75) is 19.1 Å². The largest absolute Gasteiger partial charge is 0.348 e. The fourth-order valence-corrected chi connectivity index (χ4v) is 4.31. The van der Waals surface area contributed by atoms with Crippen LogP contribution >= 0.6 is 0 Å². The van der Waals surface area contributed by atoms with E-state index >= 15 is 0 Å². The number of nitrogens with zero attached hydrogens (tertiary/aromatic N) is 4. The second-order valence-corrected chi connectivity index (χ2v) is 9.31. The van der Waals surface area contributed by atoms with E-state index in [9.17, 15) is 23.2 Å². The third kappa shape index (κ3) is 5.42. The van der Waals surface area contributed by atoms with Gasteiger partial charge in [-0.25, -0.2) is 13.8 Å². The van der Waals surface area contributed by atoms with Crippen LogP contribution in [0.2, 0.25) is 0 Å². The zero-order valence-corrected chi connectivity index (χ0v) is 20.4. The van der Waals surface area contributed by atoms with Crippen LogP contribution in [-0.2, 0) is 13.1 Å². The quantitative estimate of drug-likeness (QED) is 0.388. The van der Waals surface area contributed by atoms with Gasteiger partial charge in [-0.2, -0.15) is 0 Å². The van der Waals surface area contributed by atoms with Crippen LogP contribution in [0, 0.1) is 11.6 Å². The van der Waals surface area contributed by atoms with Gasteiger partial charge in [-0.15, -0.1) is 0 Å². The van der Waals surface area contributed by atoms with Crippen LogP contribution in [-0.4, -0.2) is 57.4 Å². The molecule has 0 bridgehead atoms. The number of carbonyl (C=O) groups excluding carboxylic acids is 2. The Morgan fingerprint density at radius 2 is 1.79 bits per heavy atom. The van der Waals surface area contributed by atoms with Crippen molar-refractivity contribution < 1.29 is 18.4 Å². The second-order valence-electron chi connectivity index (χ2n) is 9.31. The first kappa shape index (κ1) is 25.2. The number of carbonyl (C=O) groups is 2. The zero-order valence-electron chi connectivity index (χ0n) is 20.4. The maximum absolute atomic E-state index is 13.5. The Balaban J connectivity index is 1.26. The van der Waals surface area contributed by atoms with Gasteiger partial charge in [0.2, 0.25) is 0 Å². The van der Waals surface area contributed by atoms with Crippen LogP contribution in [0.1, 0.15) is 31.8 Å². The first-order valence-corrected chi connectivity index (χ1v) is 11.9. The predicted molar refractivity (Wildman–Crippen MR) is 136 cm³/mol. The summed E-state index contributed by atoms with van der Waals surface area (Å²) in [4.78, 5) is 48.6. The van der Waals surface area contributed by atoms with Crippen LogP contribution in [0.25, 0.3) is 10.9 Å². The average Bonchev–Trinajstić information content (AvgIpc) is 2.89. The molecule has 1 aliphatic heterocycles. The van der Waals surface area contributed by atoms with E-state index in [-0.39, 0.29) is 30.6 Å². The molecular weight excluding hydrogens is 494 g/mol. The number of halogens is 2. The zero-order chi connectivity index (χ0) is 26.8. The number of fused-ring (bicyclic) bond motifs is 1. The topological polar surface area (TPSA) is 109 Å². The van der Waals surface area contributed by atoms with Crippen molar-refractivity contribution in [2.24, 2.45) is 0 Å². The molecule has 2 aromatic carbocycles. The van der Waals surface area contributed by atoms with E-state index in [2.05, 4.69) is 25.5 Å². The van der Waals surface area contributed by atoms with Crippen LogP contribution in [0.5, 0.6) is 0 Å². The van der Waals surface area contributed by atoms with Gasteiger partial charge in [-0.3, -0.25) is 23.9 Å². The molecule has 1 fully saturated rings. The minimum Gasteiger partial charge on any atom is -0.348 e. The summed E-state index contributed by atoms with van der Waals surface area (Å²) in [5.41, 5.74) is 1.45. The van der Waals surface area contributed by atoms with E-state index in [0.29, 0.717) is 16.6 Å². The Labute approximate surface area is 216 Å². The summed E-state index contributed by atoms with van der Waals surface area (Å²) in [7, 11) is 1.99. The van der Waals surface area contributed by atoms with Crippen molar-refractivity contribution in [3.05, 3.63) is 105 Å². The summed E-state index contributed by atoms with van der Waals surface area (Å²) in [6.07, 6.45) is 3.93. The number of hydrogen-bond acceptors (Lipinski definition) is 6. The Hall–Kier alpha value is -4.51. The molecule has 3 heterocycles. The standard InChI is InChI=1S/C27H24F2N6O3/c1-34-13-20(14-34)33-25(36)19-8-18-6-16(3-5-24(18)31-10-19)9-32-26(37)21-11-30-15-35(27(21)38)12-17-2-4-22(28)23(29)7-17/h2-8,10-11,15,20H,9,12-14H2,1H3,(H,32,37)(H,33,36). The number of amides is 2. The van der Waals surface area contributed by atoms with Crippen LogP contribution < -0.4 is 16.2 Å². The molecular formula is C27H24F2N6O3. The maximum atomic E-state index is 13.5. The van der Waals surface area contributed by atoms with Gasteiger partial charge in [0.15, 0.2) is 11.6 Å². The van der Waals surface area contributed by atoms with E-state index in [1.54, 1.807) is 18.2 Å². The molecule has 1 saturated heterocycles. The van der Waals surface area contributed by atoms with Crippen molar-refractivity contribution in [2.75, 3.05) is 20.1 Å². The number of hydrogen-bond donors (Lipinski definition) is 2. The second kappa shape index (κ2) is 10.5. The van der Waals surface area contributed by atoms with Crippen molar-refractivity contribution >= 4 is 22.7 Å². The highest BCUT2D eigenvalue weighted by Gasteiger charge is 2.25. The number of nitrogens with one attached hydrogen (secondary N) is 2. The minimum absolute atomic E-state index is 0.0742. The smallest absolute Gasteiger partial charge is 0.266 e. The predicted octanol–water partition coefficient (Wildman–Crippen LogP) is 2.09. The van der Waals surface area contributed by atoms with E-state index < -0.39 is 23.1 Å². The molecule has 2 aromatic heterocycles. The fraction of sp³-hybridized carbons (Fsp3) is 0.222. The molecule has 0 aliphatic carbocycles. The number of likely N-dealkylation sites (tertiary alicyclic amines) is 1.